The van der Waals surface area contributed by atoms with Crippen molar-refractivity contribution in [2.45, 2.75) is 189 Å². The molecular formula is C86H108N18O22S2. The van der Waals surface area contributed by atoms with Gasteiger partial charge in [0.25, 0.3) is 5.56 Å². The van der Waals surface area contributed by atoms with Crippen molar-refractivity contribution in [2.24, 2.45) is 17.2 Å². The smallest absolute Gasteiger partial charge is 0.411 e. The molecule has 0 spiro atoms. The zero-order valence-electron chi connectivity index (χ0n) is 70.8. The van der Waals surface area contributed by atoms with Gasteiger partial charge in [0.05, 0.1) is 54.4 Å². The molecule has 0 saturated carbocycles. The van der Waals surface area contributed by atoms with E-state index in [1.54, 1.807) is 73.8 Å². The largest absolute Gasteiger partial charge is 0.508 e. The second kappa shape index (κ2) is 45.7. The third-order valence-corrected chi connectivity index (χ3v) is 24.4. The van der Waals surface area contributed by atoms with E-state index in [2.05, 4.69) is 63.5 Å². The van der Waals surface area contributed by atoms with E-state index in [9.17, 15) is 87.9 Å². The summed E-state index contributed by atoms with van der Waals surface area (Å²) in [4.78, 5) is 226. The van der Waals surface area contributed by atoms with Crippen LogP contribution in [0.25, 0.3) is 33.2 Å². The molecule has 14 atom stereocenters. The number of amides is 13. The minimum absolute atomic E-state index is 0.00353. The van der Waals surface area contributed by atoms with Crippen molar-refractivity contribution in [3.05, 3.63) is 165 Å². The molecule has 0 unspecified atom stereocenters. The SMILES string of the molecule is CCCC[C@H](NC(=O)[C@@H](CO)NC(=O)CN(CCCN)C(=O)O[C@]1(CC)C(=O)OCc2c1cc1n(c2=O)Cc2cc3ccccc3nc2-1)C(=O)N[C@H](Cc1ccc(O)cc1)C(=O)N[C@H](CO)C(=O)N[C@@H]1CSSC[C@H](C(=O)N[C@H](C(N)=O)[C@@H](C)O)NC(=O)[C@H]([C@@H](C)O)NC(=O)[C@H](CCCN)NC(=O)[C@@H](Cc2c[nH]c3ccccc23)NC(=O)[C@H](Cc2ccccc2)NC1=O. The topological polar surface area (TPSA) is 623 Å². The molecule has 42 heteroatoms. The zero-order chi connectivity index (χ0) is 92.6. The summed E-state index contributed by atoms with van der Waals surface area (Å²) in [7, 11) is 1.54. The number of fused-ring (bicyclic) bond motifs is 6. The van der Waals surface area contributed by atoms with Crippen LogP contribution in [0.4, 0.5) is 4.79 Å². The van der Waals surface area contributed by atoms with Gasteiger partial charge < -0.3 is 120 Å². The number of benzene rings is 4. The molecule has 10 rings (SSSR count). The van der Waals surface area contributed by atoms with E-state index < -0.39 is 217 Å². The van der Waals surface area contributed by atoms with Crippen LogP contribution in [0.15, 0.2) is 126 Å². The van der Waals surface area contributed by atoms with Gasteiger partial charge in [0, 0.05) is 70.9 Å². The molecule has 686 valence electrons. The number of nitrogens with one attached hydrogen (secondary N) is 12. The van der Waals surface area contributed by atoms with Crippen molar-refractivity contribution >= 4 is 126 Å². The second-order valence-corrected chi connectivity index (χ2v) is 33.8. The number of esters is 1. The molecule has 3 aliphatic heterocycles. The first-order chi connectivity index (χ1) is 61.3. The highest BCUT2D eigenvalue weighted by Crippen LogP contribution is 2.42. The monoisotopic (exact) mass is 1810 g/mol. The van der Waals surface area contributed by atoms with Crippen LogP contribution in [0.5, 0.6) is 5.75 Å². The molecule has 1 saturated heterocycles. The number of phenolic OH excluding ortho intramolecular Hbond substituents is 1. The first-order valence-electron chi connectivity index (χ1n) is 41.9. The maximum absolute atomic E-state index is 15.3. The van der Waals surface area contributed by atoms with Crippen molar-refractivity contribution in [3.63, 3.8) is 0 Å². The zero-order valence-corrected chi connectivity index (χ0v) is 72.4. The minimum Gasteiger partial charge on any atom is -0.508 e. The lowest BCUT2D eigenvalue weighted by Crippen LogP contribution is -2.63. The van der Waals surface area contributed by atoms with E-state index in [1.165, 1.54) is 35.8 Å². The molecule has 3 aromatic heterocycles. The number of nitrogens with two attached hydrogens (primary N) is 3. The Hall–Kier alpha value is -12.6. The fraction of sp³-hybridized carbons (Fsp3) is 0.442. The molecule has 0 aliphatic carbocycles. The Morgan fingerprint density at radius 3 is 1.98 bits per heavy atom. The molecule has 7 aromatic rings. The fourth-order valence-electron chi connectivity index (χ4n) is 14.9. The predicted octanol–water partition coefficient (Wildman–Crippen LogP) is -2.32. The average molecular weight is 1810 g/mol. The predicted molar refractivity (Wildman–Crippen MR) is 469 cm³/mol. The number of aliphatic hydroxyl groups excluding tert-OH is 4. The van der Waals surface area contributed by atoms with E-state index >= 15 is 9.59 Å². The van der Waals surface area contributed by atoms with Crippen LogP contribution in [0.3, 0.4) is 0 Å². The molecular weight excluding hydrogens is 1700 g/mol. The molecule has 0 bridgehead atoms. The molecule has 23 N–H and O–H groups in total. The number of phenols is 1. The Balaban J connectivity index is 0.893. The Kier molecular flexibility index (Phi) is 34.9. The average Bonchev–Trinajstić information content (AvgIpc) is 1.48. The van der Waals surface area contributed by atoms with Crippen LogP contribution in [0.2, 0.25) is 0 Å². The van der Waals surface area contributed by atoms with Crippen LogP contribution < -0.4 is 81.2 Å². The molecule has 1 fully saturated rings. The molecule has 40 nitrogen and oxygen atoms in total. The lowest BCUT2D eigenvalue weighted by molar-refractivity contribution is -0.173. The third-order valence-electron chi connectivity index (χ3n) is 22.0. The number of aromatic amines is 1. The van der Waals surface area contributed by atoms with Crippen molar-refractivity contribution in [1.82, 2.24) is 77.9 Å². The molecule has 128 heavy (non-hydrogen) atoms. The van der Waals surface area contributed by atoms with Gasteiger partial charge in [-0.25, -0.2) is 14.6 Å². The standard InChI is InChI=1S/C86H108N18O22S2/c1-5-7-21-58(94-78(117)63(40-105)91-68(110)39-103(31-16-30-88)85(124)126-86(6-2)55-36-67-71-51(34-49-19-11-13-22-56(49)92-71)38-104(67)83(122)54(55)42-125-84(86)123)73(112)95-61(33-48-25-27-52(109)28-26-48)76(115)98-64(41-106)79(118)99-65-43-127-128-44-66(81(120)101-69(45(3)107)72(89)111)100-82(121)70(46(4)108)102-74(113)59(24-15-29-87)93-77(116)62(35-50-37-90-57-23-14-12-20-53(50)57)97-75(114)60(96-80(65)119)32-47-17-9-8-10-18-47/h8-14,17-20,22-23,25-28,34,36-37,45-46,58-66,69-70,90,105-109H,5-7,15-16,21,24,29-33,35,38-44,87-88H2,1-4H3,(H2,89,111)(H,91,110)(H,93,116)(H,94,117)(H,95,112)(H,96,119)(H,97,114)(H,98,115)(H,99,118)(H,100,121)(H,101,120)(H,102,113)/t45-,46-,58+,59+,60+,61-,62-,63-,64-,65-,66-,69+,70+,86+/m1/s1. The van der Waals surface area contributed by atoms with Crippen molar-refractivity contribution in [3.8, 4) is 17.1 Å². The summed E-state index contributed by atoms with van der Waals surface area (Å²) in [5.41, 5.74) is 18.8. The summed E-state index contributed by atoms with van der Waals surface area (Å²) in [6.07, 6.45) is -3.54. The van der Waals surface area contributed by atoms with Gasteiger partial charge in [-0.05, 0) is 112 Å². The molecule has 6 heterocycles. The summed E-state index contributed by atoms with van der Waals surface area (Å²) in [6, 6.07) is 12.5. The number of ether oxygens (including phenoxy) is 2. The number of aliphatic hydroxyl groups is 4. The van der Waals surface area contributed by atoms with Gasteiger partial charge in [0.15, 0.2) is 0 Å². The number of nitrogens with zero attached hydrogens (tertiary/aromatic N) is 3. The number of hydrogen-bond donors (Lipinski definition) is 20. The van der Waals surface area contributed by atoms with Crippen LogP contribution in [0.1, 0.15) is 106 Å². The number of hydrogen-bond acceptors (Lipinski definition) is 27. The lowest BCUT2D eigenvalue weighted by Gasteiger charge is -2.37. The lowest BCUT2D eigenvalue weighted by atomic mass is 9.85. The Bertz CT molecular complexity index is 5280. The van der Waals surface area contributed by atoms with Gasteiger partial charge in [0.2, 0.25) is 76.5 Å². The maximum Gasteiger partial charge on any atom is 0.411 e. The molecule has 4 aromatic carbocycles. The van der Waals surface area contributed by atoms with Gasteiger partial charge in [-0.15, -0.1) is 0 Å². The van der Waals surface area contributed by atoms with Crippen LogP contribution >= 0.6 is 21.6 Å². The first kappa shape index (κ1) is 97.6. The number of pyridine rings is 2. The number of unbranched alkanes of at least 4 members (excludes halogenated alkanes) is 1. The normalized spacial score (nSPS) is 20.3. The molecule has 13 amide bonds. The van der Waals surface area contributed by atoms with Gasteiger partial charge in [-0.2, -0.15) is 0 Å². The summed E-state index contributed by atoms with van der Waals surface area (Å²) in [5.74, 6) is -15.4. The van der Waals surface area contributed by atoms with E-state index in [-0.39, 0.29) is 94.4 Å². The van der Waals surface area contributed by atoms with Gasteiger partial charge in [0.1, 0.15) is 85.4 Å². The van der Waals surface area contributed by atoms with E-state index in [0.29, 0.717) is 50.9 Å². The second-order valence-electron chi connectivity index (χ2n) is 31.3. The third kappa shape index (κ3) is 24.8. The number of aromatic nitrogens is 3. The number of rotatable bonds is 35. The quantitative estimate of drug-likeness (QED) is 0.0146. The van der Waals surface area contributed by atoms with Crippen LogP contribution in [-0.2, 0) is 110 Å². The minimum atomic E-state index is -2.22. The summed E-state index contributed by atoms with van der Waals surface area (Å²) in [6.45, 7) is 1.88. The first-order valence-corrected chi connectivity index (χ1v) is 44.3. The van der Waals surface area contributed by atoms with Gasteiger partial charge >= 0.3 is 12.1 Å². The van der Waals surface area contributed by atoms with Gasteiger partial charge in [-0.1, -0.05) is 127 Å². The number of para-hydroxylation sites is 2. The number of carbonyl (C=O) groups is 14. The number of carbonyl (C=O) groups excluding carboxylic acids is 14. The van der Waals surface area contributed by atoms with Crippen molar-refractivity contribution < 1.29 is 102 Å². The highest BCUT2D eigenvalue weighted by molar-refractivity contribution is 8.76. The summed E-state index contributed by atoms with van der Waals surface area (Å²) >= 11 is 0. The number of aromatic hydroxyl groups is 1. The number of H-pyrrole nitrogens is 1. The number of primary amides is 1. The highest BCUT2D eigenvalue weighted by atomic mass is 33.1. The summed E-state index contributed by atoms with van der Waals surface area (Å²) < 4.78 is 13.1. The molecule has 0 radical (unpaired) electrons. The van der Waals surface area contributed by atoms with Crippen molar-refractivity contribution in [1.29, 1.82) is 0 Å². The van der Waals surface area contributed by atoms with Gasteiger partial charge in [-0.3, -0.25) is 67.2 Å². The number of cyclic esters (lactones) is 1. The van der Waals surface area contributed by atoms with Crippen LogP contribution in [0, 0.1) is 0 Å². The fourth-order valence-corrected chi connectivity index (χ4v) is 17.2. The van der Waals surface area contributed by atoms with E-state index in [1.807, 2.05) is 30.3 Å². The summed E-state index contributed by atoms with van der Waals surface area (Å²) in [5, 5.41) is 82.9. The van der Waals surface area contributed by atoms with Crippen molar-refractivity contribution in [2.75, 3.05) is 50.9 Å². The molecule has 3 aliphatic rings. The Morgan fingerprint density at radius 1 is 0.672 bits per heavy atom. The highest BCUT2D eigenvalue weighted by Gasteiger charge is 2.52. The Morgan fingerprint density at radius 2 is 1.30 bits per heavy atom. The maximum atomic E-state index is 15.3. The van der Waals surface area contributed by atoms with Crippen LogP contribution in [-0.4, -0.2) is 257 Å². The Labute approximate surface area is 742 Å². The van der Waals surface area contributed by atoms with E-state index in [0.717, 1.165) is 51.3 Å². The van der Waals surface area contributed by atoms with E-state index in [4.69, 9.17) is 31.7 Å².